The van der Waals surface area contributed by atoms with E-state index in [9.17, 15) is 9.18 Å². The first-order valence-electron chi connectivity index (χ1n) is 10.5. The van der Waals surface area contributed by atoms with Crippen molar-refractivity contribution in [2.75, 3.05) is 32.3 Å². The molecule has 0 spiro atoms. The van der Waals surface area contributed by atoms with Crippen molar-refractivity contribution in [1.82, 2.24) is 4.90 Å². The van der Waals surface area contributed by atoms with Crippen LogP contribution in [-0.4, -0.2) is 43.8 Å². The van der Waals surface area contributed by atoms with Gasteiger partial charge < -0.3 is 9.64 Å². The van der Waals surface area contributed by atoms with E-state index in [-0.39, 0.29) is 30.0 Å². The average Bonchev–Trinajstić information content (AvgIpc) is 2.71. The number of ether oxygens (including phenoxy) is 1. The van der Waals surface area contributed by atoms with Crippen molar-refractivity contribution in [2.24, 2.45) is 16.9 Å². The number of carbonyl (C=O) groups is 1. The van der Waals surface area contributed by atoms with Crippen molar-refractivity contribution in [2.45, 2.75) is 26.2 Å². The number of halogens is 2. The molecule has 0 fully saturated rings. The monoisotopic (exact) mass is 445 g/mol. The zero-order valence-electron chi connectivity index (χ0n) is 18.2. The summed E-state index contributed by atoms with van der Waals surface area (Å²) in [6.45, 7) is 3.74. The highest BCUT2D eigenvalue weighted by Gasteiger charge is 2.34. The van der Waals surface area contributed by atoms with Crippen LogP contribution < -0.4 is 9.75 Å². The van der Waals surface area contributed by atoms with Gasteiger partial charge in [0, 0.05) is 30.4 Å². The summed E-state index contributed by atoms with van der Waals surface area (Å²) in [6, 6.07) is 12.3. The van der Waals surface area contributed by atoms with Gasteiger partial charge in [-0.15, -0.1) is 12.4 Å². The predicted octanol–water partition coefficient (Wildman–Crippen LogP) is 4.53. The Morgan fingerprint density at radius 2 is 1.97 bits per heavy atom. The summed E-state index contributed by atoms with van der Waals surface area (Å²) in [5.41, 5.74) is 3.44. The maximum absolute atomic E-state index is 13.8. The van der Waals surface area contributed by atoms with Crippen molar-refractivity contribution in [3.05, 3.63) is 59.4 Å². The maximum Gasteiger partial charge on any atom is 0.248 e. The van der Waals surface area contributed by atoms with E-state index in [0.717, 1.165) is 42.0 Å². The molecule has 0 N–H and O–H groups in total. The van der Waals surface area contributed by atoms with Gasteiger partial charge >= 0.3 is 0 Å². The van der Waals surface area contributed by atoms with Crippen LogP contribution in [0, 0.1) is 17.7 Å². The molecule has 2 aromatic carbocycles. The molecule has 2 atom stereocenters. The fourth-order valence-electron chi connectivity index (χ4n) is 4.29. The summed E-state index contributed by atoms with van der Waals surface area (Å²) in [5, 5.41) is 6.11. The first-order valence-corrected chi connectivity index (χ1v) is 10.5. The lowest BCUT2D eigenvalue weighted by molar-refractivity contribution is -0.119. The highest BCUT2D eigenvalue weighted by Crippen LogP contribution is 2.34. The van der Waals surface area contributed by atoms with Gasteiger partial charge in [0.05, 0.1) is 18.0 Å². The van der Waals surface area contributed by atoms with Gasteiger partial charge in [0.15, 0.2) is 0 Å². The molecule has 0 bridgehead atoms. The number of rotatable bonds is 6. The smallest absolute Gasteiger partial charge is 0.248 e. The fourth-order valence-corrected chi connectivity index (χ4v) is 4.29. The Morgan fingerprint density at radius 1 is 1.23 bits per heavy atom. The molecule has 2 aliphatic rings. The number of hydrogen-bond acceptors (Lipinski definition) is 4. The van der Waals surface area contributed by atoms with Gasteiger partial charge in [0.2, 0.25) is 5.91 Å². The average molecular weight is 446 g/mol. The van der Waals surface area contributed by atoms with E-state index in [2.05, 4.69) is 16.9 Å². The van der Waals surface area contributed by atoms with E-state index in [4.69, 9.17) is 4.74 Å². The third-order valence-electron chi connectivity index (χ3n) is 5.65. The van der Waals surface area contributed by atoms with Gasteiger partial charge in [-0.05, 0) is 68.9 Å². The van der Waals surface area contributed by atoms with Gasteiger partial charge in [-0.1, -0.05) is 13.0 Å². The van der Waals surface area contributed by atoms with Crippen LogP contribution in [0.2, 0.25) is 0 Å². The second kappa shape index (κ2) is 9.79. The van der Waals surface area contributed by atoms with Crippen LogP contribution in [0.3, 0.4) is 0 Å². The molecule has 1 heterocycles. The number of carbonyl (C=O) groups excluding carboxylic acids is 1. The van der Waals surface area contributed by atoms with Gasteiger partial charge in [0.1, 0.15) is 11.6 Å². The van der Waals surface area contributed by atoms with Gasteiger partial charge in [-0.2, -0.15) is 5.10 Å². The lowest BCUT2D eigenvalue weighted by atomic mass is 9.79. The van der Waals surface area contributed by atoms with Crippen LogP contribution in [0.1, 0.15) is 30.9 Å². The second-order valence-corrected chi connectivity index (χ2v) is 8.60. The van der Waals surface area contributed by atoms with Crippen molar-refractivity contribution >= 4 is 29.7 Å². The number of aryl methyl sites for hydroxylation is 1. The third kappa shape index (κ3) is 5.25. The summed E-state index contributed by atoms with van der Waals surface area (Å²) in [6.07, 6.45) is 2.12. The molecule has 166 valence electrons. The zero-order chi connectivity index (χ0) is 21.3. The number of nitrogens with zero attached hydrogens (tertiary/aromatic N) is 3. The third-order valence-corrected chi connectivity index (χ3v) is 5.65. The molecule has 0 radical (unpaired) electrons. The van der Waals surface area contributed by atoms with Gasteiger partial charge in [0.25, 0.3) is 0 Å². The van der Waals surface area contributed by atoms with E-state index in [0.29, 0.717) is 24.6 Å². The molecule has 1 aliphatic heterocycles. The Bertz CT molecular complexity index is 962. The minimum absolute atomic E-state index is 0. The number of anilines is 1. The molecule has 0 aromatic heterocycles. The second-order valence-electron chi connectivity index (χ2n) is 8.60. The lowest BCUT2D eigenvalue weighted by Crippen LogP contribution is -2.39. The van der Waals surface area contributed by atoms with E-state index in [1.807, 2.05) is 44.4 Å². The van der Waals surface area contributed by atoms with E-state index >= 15 is 0 Å². The summed E-state index contributed by atoms with van der Waals surface area (Å²) >= 11 is 0. The molecule has 0 saturated heterocycles. The SMILES string of the molecule is CC(COc1ccc(N2N=C3c4cc(F)ccc4CCC3CC2=O)cc1)CN(C)C.Cl. The topological polar surface area (TPSA) is 45.1 Å². The fraction of sp³-hybridized carbons (Fsp3) is 0.417. The molecule has 1 amide bonds. The minimum Gasteiger partial charge on any atom is -0.493 e. The van der Waals surface area contributed by atoms with E-state index in [1.165, 1.54) is 11.1 Å². The zero-order valence-corrected chi connectivity index (χ0v) is 19.0. The number of hydrazone groups is 1. The molecule has 7 heteroatoms. The van der Waals surface area contributed by atoms with Crippen LogP contribution in [0.25, 0.3) is 0 Å². The minimum atomic E-state index is -0.273. The van der Waals surface area contributed by atoms with Crippen LogP contribution >= 0.6 is 12.4 Å². The van der Waals surface area contributed by atoms with E-state index < -0.39 is 0 Å². The molecule has 5 nitrogen and oxygen atoms in total. The number of benzene rings is 2. The normalized spacial score (nSPS) is 18.6. The molecule has 2 aromatic rings. The molecule has 4 rings (SSSR count). The Kier molecular flexibility index (Phi) is 7.34. The first kappa shape index (κ1) is 23.2. The molecule has 2 unspecified atom stereocenters. The van der Waals surface area contributed by atoms with Crippen LogP contribution in [0.4, 0.5) is 10.1 Å². The summed E-state index contributed by atoms with van der Waals surface area (Å²) < 4.78 is 19.7. The summed E-state index contributed by atoms with van der Waals surface area (Å²) in [7, 11) is 4.10. The standard InChI is InChI=1S/C24H28FN3O2.ClH/c1-16(14-27(2)3)15-30-21-10-8-20(9-11-21)28-23(29)12-18-5-4-17-6-7-19(25)13-22(17)24(18)26-28;/h6-11,13,16,18H,4-5,12,14-15H2,1-3H3;1H. The first-order chi connectivity index (χ1) is 14.4. The van der Waals surface area contributed by atoms with Crippen molar-refractivity contribution < 1.29 is 13.9 Å². The highest BCUT2D eigenvalue weighted by atomic mass is 35.5. The summed E-state index contributed by atoms with van der Waals surface area (Å²) in [4.78, 5) is 14.9. The quantitative estimate of drug-likeness (QED) is 0.656. The predicted molar refractivity (Wildman–Crippen MR) is 124 cm³/mol. The lowest BCUT2D eigenvalue weighted by Gasteiger charge is -2.33. The Balaban J connectivity index is 0.00000272. The van der Waals surface area contributed by atoms with Crippen molar-refractivity contribution in [1.29, 1.82) is 0 Å². The Labute approximate surface area is 189 Å². The van der Waals surface area contributed by atoms with Crippen LogP contribution in [-0.2, 0) is 11.2 Å². The van der Waals surface area contributed by atoms with Crippen molar-refractivity contribution in [3.63, 3.8) is 0 Å². The summed E-state index contributed by atoms with van der Waals surface area (Å²) in [5.74, 6) is 0.939. The maximum atomic E-state index is 13.8. The number of amides is 1. The molecular weight excluding hydrogens is 417 g/mol. The molecule has 1 aliphatic carbocycles. The van der Waals surface area contributed by atoms with E-state index in [1.54, 1.807) is 6.07 Å². The molecular formula is C24H29ClFN3O2. The number of hydrogen-bond donors (Lipinski definition) is 0. The van der Waals surface area contributed by atoms with Gasteiger partial charge in [-0.25, -0.2) is 9.40 Å². The van der Waals surface area contributed by atoms with Crippen molar-refractivity contribution in [3.8, 4) is 5.75 Å². The Morgan fingerprint density at radius 3 is 2.68 bits per heavy atom. The van der Waals surface area contributed by atoms with Crippen LogP contribution in [0.5, 0.6) is 5.75 Å². The van der Waals surface area contributed by atoms with Crippen LogP contribution in [0.15, 0.2) is 47.6 Å². The number of fused-ring (bicyclic) bond motifs is 3. The van der Waals surface area contributed by atoms with Gasteiger partial charge in [-0.3, -0.25) is 4.79 Å². The molecule has 0 saturated carbocycles. The highest BCUT2D eigenvalue weighted by molar-refractivity contribution is 6.11. The largest absolute Gasteiger partial charge is 0.493 e. The molecule has 31 heavy (non-hydrogen) atoms. The Hall–Kier alpha value is -2.44.